The van der Waals surface area contributed by atoms with Crippen molar-refractivity contribution in [1.82, 2.24) is 10.1 Å². The molecule has 0 atom stereocenters. The maximum Gasteiger partial charge on any atom is 0.239 e. The molecule has 0 aliphatic rings. The van der Waals surface area contributed by atoms with E-state index in [-0.39, 0.29) is 29.5 Å². The summed E-state index contributed by atoms with van der Waals surface area (Å²) in [5, 5.41) is 6.59. The molecule has 2 heterocycles. The number of benzene rings is 2. The maximum atomic E-state index is 14.4. The van der Waals surface area contributed by atoms with Crippen LogP contribution in [-0.2, 0) is 11.2 Å². The topological polar surface area (TPSA) is 68.0 Å². The number of pyridine rings is 1. The Morgan fingerprint density at radius 1 is 0.966 bits per heavy atom. The third-order valence-corrected chi connectivity index (χ3v) is 4.33. The second-order valence-electron chi connectivity index (χ2n) is 6.28. The molecule has 29 heavy (non-hydrogen) atoms. The molecule has 4 aromatic rings. The first-order valence-electron chi connectivity index (χ1n) is 8.81. The Morgan fingerprint density at radius 2 is 1.72 bits per heavy atom. The van der Waals surface area contributed by atoms with E-state index in [0.717, 1.165) is 11.6 Å². The van der Waals surface area contributed by atoms with Crippen molar-refractivity contribution in [3.8, 4) is 22.4 Å². The number of hydrogen-bond donors (Lipinski definition) is 1. The lowest BCUT2D eigenvalue weighted by Crippen LogP contribution is -2.14. The predicted octanol–water partition coefficient (Wildman–Crippen LogP) is 4.86. The fraction of sp³-hybridized carbons (Fsp3) is 0.0455. The Morgan fingerprint density at radius 3 is 2.48 bits per heavy atom. The van der Waals surface area contributed by atoms with Crippen molar-refractivity contribution < 1.29 is 18.1 Å². The van der Waals surface area contributed by atoms with Crippen LogP contribution >= 0.6 is 0 Å². The minimum atomic E-state index is -1.04. The fourth-order valence-corrected chi connectivity index (χ4v) is 2.98. The van der Waals surface area contributed by atoms with Crippen molar-refractivity contribution >= 4 is 11.8 Å². The Balaban J connectivity index is 1.74. The van der Waals surface area contributed by atoms with Crippen LogP contribution in [0.2, 0.25) is 0 Å². The summed E-state index contributed by atoms with van der Waals surface area (Å²) >= 11 is 0. The molecule has 0 fully saturated rings. The van der Waals surface area contributed by atoms with E-state index >= 15 is 0 Å². The summed E-state index contributed by atoms with van der Waals surface area (Å²) in [5.74, 6) is -2.32. The lowest BCUT2D eigenvalue weighted by atomic mass is 10.0. The predicted molar refractivity (Wildman–Crippen MR) is 104 cm³/mol. The minimum Gasteiger partial charge on any atom is -0.337 e. The molecule has 144 valence electrons. The van der Waals surface area contributed by atoms with Crippen LogP contribution < -0.4 is 5.32 Å². The molecule has 0 unspecified atom stereocenters. The van der Waals surface area contributed by atoms with E-state index in [9.17, 15) is 13.6 Å². The van der Waals surface area contributed by atoms with E-state index in [2.05, 4.69) is 15.5 Å². The van der Waals surface area contributed by atoms with Crippen LogP contribution in [0.25, 0.3) is 22.4 Å². The number of nitrogens with zero attached hydrogens (tertiary/aromatic N) is 2. The van der Waals surface area contributed by atoms with Crippen LogP contribution in [0, 0.1) is 11.6 Å². The highest BCUT2D eigenvalue weighted by molar-refractivity contribution is 5.97. The Labute approximate surface area is 165 Å². The SMILES string of the molecule is O=C(Cc1ccccc1)Nc1onc(-c2cccc(F)c2F)c1-c1ccncc1. The average Bonchev–Trinajstić information content (AvgIpc) is 3.14. The largest absolute Gasteiger partial charge is 0.337 e. The molecule has 5 nitrogen and oxygen atoms in total. The molecule has 2 aromatic carbocycles. The average molecular weight is 391 g/mol. The summed E-state index contributed by atoms with van der Waals surface area (Å²) in [6, 6.07) is 16.3. The van der Waals surface area contributed by atoms with Crippen LogP contribution in [0.1, 0.15) is 5.56 Å². The van der Waals surface area contributed by atoms with Gasteiger partial charge < -0.3 is 4.52 Å². The molecule has 0 saturated carbocycles. The number of carbonyl (C=O) groups is 1. The third-order valence-electron chi connectivity index (χ3n) is 4.33. The first-order valence-corrected chi connectivity index (χ1v) is 8.81. The summed E-state index contributed by atoms with van der Waals surface area (Å²) < 4.78 is 33.4. The van der Waals surface area contributed by atoms with Crippen LogP contribution in [0.4, 0.5) is 14.7 Å². The van der Waals surface area contributed by atoms with Crippen LogP contribution in [0.5, 0.6) is 0 Å². The standard InChI is InChI=1S/C22H15F2N3O2/c23-17-8-4-7-16(20(17)24)21-19(15-9-11-25-12-10-15)22(29-27-21)26-18(28)13-14-5-2-1-3-6-14/h1-12H,13H2,(H,26,28). The zero-order chi connectivity index (χ0) is 20.2. The summed E-state index contributed by atoms with van der Waals surface area (Å²) in [6.45, 7) is 0. The Kier molecular flexibility index (Phi) is 5.11. The van der Waals surface area contributed by atoms with Gasteiger partial charge in [0.15, 0.2) is 11.6 Å². The van der Waals surface area contributed by atoms with E-state index in [4.69, 9.17) is 4.52 Å². The van der Waals surface area contributed by atoms with E-state index in [1.807, 2.05) is 30.3 Å². The number of halogens is 2. The number of hydrogen-bond acceptors (Lipinski definition) is 4. The van der Waals surface area contributed by atoms with Crippen molar-refractivity contribution in [1.29, 1.82) is 0 Å². The van der Waals surface area contributed by atoms with Gasteiger partial charge in [-0.25, -0.2) is 8.78 Å². The molecule has 0 aliphatic carbocycles. The maximum absolute atomic E-state index is 14.4. The molecule has 1 N–H and O–H groups in total. The molecule has 0 bridgehead atoms. The van der Waals surface area contributed by atoms with Crippen LogP contribution in [-0.4, -0.2) is 16.0 Å². The number of amides is 1. The Hall–Kier alpha value is -3.87. The molecular weight excluding hydrogens is 376 g/mol. The highest BCUT2D eigenvalue weighted by atomic mass is 19.2. The van der Waals surface area contributed by atoms with Crippen LogP contribution in [0.15, 0.2) is 77.6 Å². The number of nitrogens with one attached hydrogen (secondary N) is 1. The first kappa shape index (κ1) is 18.5. The summed E-state index contributed by atoms with van der Waals surface area (Å²) in [5.41, 5.74) is 1.78. The molecule has 1 amide bonds. The second kappa shape index (κ2) is 8.02. The molecular formula is C22H15F2N3O2. The van der Waals surface area contributed by atoms with Crippen molar-refractivity contribution in [2.75, 3.05) is 5.32 Å². The Bertz CT molecular complexity index is 1150. The van der Waals surface area contributed by atoms with E-state index in [0.29, 0.717) is 11.1 Å². The first-order chi connectivity index (χ1) is 14.1. The van der Waals surface area contributed by atoms with Gasteiger partial charge in [0.1, 0.15) is 5.69 Å². The normalized spacial score (nSPS) is 10.7. The lowest BCUT2D eigenvalue weighted by Gasteiger charge is -2.07. The molecule has 2 aromatic heterocycles. The number of rotatable bonds is 5. The number of carbonyl (C=O) groups excluding carboxylic acids is 1. The van der Waals surface area contributed by atoms with E-state index < -0.39 is 11.6 Å². The lowest BCUT2D eigenvalue weighted by molar-refractivity contribution is -0.115. The van der Waals surface area contributed by atoms with Gasteiger partial charge in [-0.1, -0.05) is 41.6 Å². The smallest absolute Gasteiger partial charge is 0.239 e. The van der Waals surface area contributed by atoms with Gasteiger partial charge in [-0.2, -0.15) is 0 Å². The zero-order valence-corrected chi connectivity index (χ0v) is 15.1. The van der Waals surface area contributed by atoms with Gasteiger partial charge in [-0.05, 0) is 35.4 Å². The summed E-state index contributed by atoms with van der Waals surface area (Å²) in [6.07, 6.45) is 3.22. The third kappa shape index (κ3) is 3.89. The zero-order valence-electron chi connectivity index (χ0n) is 15.1. The molecule has 4 rings (SSSR count). The minimum absolute atomic E-state index is 0.0517. The van der Waals surface area contributed by atoms with E-state index in [1.165, 1.54) is 12.1 Å². The highest BCUT2D eigenvalue weighted by Crippen LogP contribution is 2.38. The number of aromatic nitrogens is 2. The van der Waals surface area contributed by atoms with Gasteiger partial charge in [0.05, 0.1) is 12.0 Å². The molecule has 0 spiro atoms. The summed E-state index contributed by atoms with van der Waals surface area (Å²) in [4.78, 5) is 16.5. The van der Waals surface area contributed by atoms with Crippen LogP contribution in [0.3, 0.4) is 0 Å². The molecule has 0 saturated heterocycles. The van der Waals surface area contributed by atoms with Gasteiger partial charge in [0.2, 0.25) is 11.8 Å². The van der Waals surface area contributed by atoms with Crippen molar-refractivity contribution in [3.05, 3.63) is 90.3 Å². The van der Waals surface area contributed by atoms with Gasteiger partial charge >= 0.3 is 0 Å². The van der Waals surface area contributed by atoms with Crippen molar-refractivity contribution in [2.45, 2.75) is 6.42 Å². The molecule has 0 radical (unpaired) electrons. The molecule has 0 aliphatic heterocycles. The van der Waals surface area contributed by atoms with E-state index in [1.54, 1.807) is 24.5 Å². The summed E-state index contributed by atoms with van der Waals surface area (Å²) in [7, 11) is 0. The van der Waals surface area contributed by atoms with Crippen molar-refractivity contribution in [3.63, 3.8) is 0 Å². The molecule has 7 heteroatoms. The quantitative estimate of drug-likeness (QED) is 0.527. The second-order valence-corrected chi connectivity index (χ2v) is 6.28. The fourth-order valence-electron chi connectivity index (χ4n) is 2.98. The number of anilines is 1. The van der Waals surface area contributed by atoms with Gasteiger partial charge in [0, 0.05) is 18.0 Å². The van der Waals surface area contributed by atoms with Gasteiger partial charge in [-0.15, -0.1) is 0 Å². The van der Waals surface area contributed by atoms with Gasteiger partial charge in [0.25, 0.3) is 0 Å². The highest BCUT2D eigenvalue weighted by Gasteiger charge is 2.24. The monoisotopic (exact) mass is 391 g/mol. The van der Waals surface area contributed by atoms with Crippen molar-refractivity contribution in [2.24, 2.45) is 0 Å². The van der Waals surface area contributed by atoms with Gasteiger partial charge in [-0.3, -0.25) is 15.1 Å².